The third-order valence-electron chi connectivity index (χ3n) is 7.16. The number of likely N-dealkylation sites (tertiary alicyclic amines) is 1. The molecule has 1 saturated heterocycles. The molecule has 0 bridgehead atoms. The van der Waals surface area contributed by atoms with Gasteiger partial charge in [0.2, 0.25) is 0 Å². The molecule has 10 heteroatoms. The predicted molar refractivity (Wildman–Crippen MR) is 159 cm³/mol. The van der Waals surface area contributed by atoms with E-state index in [-0.39, 0.29) is 11.4 Å². The molecule has 0 saturated carbocycles. The summed E-state index contributed by atoms with van der Waals surface area (Å²) < 4.78 is 28.7. The Morgan fingerprint density at radius 2 is 1.75 bits per heavy atom. The van der Waals surface area contributed by atoms with E-state index in [1.165, 1.54) is 46.0 Å². The minimum Gasteiger partial charge on any atom is -0.358 e. The molecule has 5 rings (SSSR count). The fourth-order valence-corrected chi connectivity index (χ4v) is 6.58. The third kappa shape index (κ3) is 6.33. The molecule has 3 aromatic carbocycles. The second-order valence-electron chi connectivity index (χ2n) is 9.72. The van der Waals surface area contributed by atoms with E-state index in [9.17, 15) is 8.42 Å². The van der Waals surface area contributed by atoms with Gasteiger partial charge in [-0.3, -0.25) is 4.31 Å². The lowest BCUT2D eigenvalue weighted by Crippen LogP contribution is -2.43. The Kier molecular flexibility index (Phi) is 8.43. The molecule has 8 nitrogen and oxygen atoms in total. The van der Waals surface area contributed by atoms with Gasteiger partial charge in [-0.25, -0.2) is 13.4 Å². The van der Waals surface area contributed by atoms with Crippen LogP contribution in [0.3, 0.4) is 0 Å². The van der Waals surface area contributed by atoms with Crippen LogP contribution in [0.4, 0.5) is 5.69 Å². The van der Waals surface area contributed by atoms with Gasteiger partial charge in [0.1, 0.15) is 0 Å². The van der Waals surface area contributed by atoms with Crippen molar-refractivity contribution < 1.29 is 8.42 Å². The summed E-state index contributed by atoms with van der Waals surface area (Å²) in [6.45, 7) is 2.55. The van der Waals surface area contributed by atoms with Gasteiger partial charge < -0.3 is 15.2 Å². The summed E-state index contributed by atoms with van der Waals surface area (Å²) in [5, 5.41) is 13.2. The van der Waals surface area contributed by atoms with Gasteiger partial charge >= 0.3 is 0 Å². The number of anilines is 1. The number of aromatic nitrogens is 2. The molecule has 1 aliphatic heterocycles. The van der Waals surface area contributed by atoms with Crippen LogP contribution in [-0.4, -0.2) is 41.5 Å². The number of piperidine rings is 1. The second-order valence-corrected chi connectivity index (χ2v) is 12.0. The molecule has 2 N–H and O–H groups in total. The number of nitrogens with one attached hydrogen (secondary N) is 2. The zero-order valence-electron chi connectivity index (χ0n) is 21.9. The average Bonchev–Trinajstić information content (AvgIpc) is 3.53. The average molecular weight is 571 g/mol. The lowest BCUT2D eigenvalue weighted by Gasteiger charge is -2.34. The molecular formula is C30H30N6O2S2. The first-order valence-corrected chi connectivity index (χ1v) is 15.0. The summed E-state index contributed by atoms with van der Waals surface area (Å²) in [6, 6.07) is 26.0. The smallest absolute Gasteiger partial charge is 0.264 e. The van der Waals surface area contributed by atoms with Crippen molar-refractivity contribution in [3.05, 3.63) is 114 Å². The number of H-pyrrole nitrogens is 1. The second kappa shape index (κ2) is 12.3. The number of nitriles is 1. The van der Waals surface area contributed by atoms with Crippen molar-refractivity contribution in [2.24, 2.45) is 0 Å². The quantitative estimate of drug-likeness (QED) is 0.290. The zero-order chi connectivity index (χ0) is 28.0. The lowest BCUT2D eigenvalue weighted by atomic mass is 9.89. The van der Waals surface area contributed by atoms with E-state index in [4.69, 9.17) is 17.5 Å². The van der Waals surface area contributed by atoms with Crippen LogP contribution in [-0.2, 0) is 23.1 Å². The van der Waals surface area contributed by atoms with E-state index < -0.39 is 10.0 Å². The first-order chi connectivity index (χ1) is 19.4. The Labute approximate surface area is 240 Å². The summed E-state index contributed by atoms with van der Waals surface area (Å²) in [7, 11) is -3.89. The third-order valence-corrected chi connectivity index (χ3v) is 9.35. The Bertz CT molecular complexity index is 1560. The van der Waals surface area contributed by atoms with Gasteiger partial charge in [-0.15, -0.1) is 0 Å². The Balaban J connectivity index is 1.26. The highest BCUT2D eigenvalue weighted by atomic mass is 32.2. The first kappa shape index (κ1) is 27.4. The summed E-state index contributed by atoms with van der Waals surface area (Å²) in [5.41, 5.74) is 4.02. The van der Waals surface area contributed by atoms with Gasteiger partial charge in [0, 0.05) is 25.8 Å². The van der Waals surface area contributed by atoms with Crippen LogP contribution in [0, 0.1) is 11.3 Å². The standard InChI is InChI=1S/C30H30N6O2S2/c31-18-23-6-12-29(13-7-23)40(37,38)36(21-27-20-32-22-34-27)28-10-8-25(9-11-28)26-14-16-35(17-15-26)30(39)33-19-24-4-2-1-3-5-24/h1-13,20,22,26H,14-17,19,21H2,(H,32,34)(H,33,39). The van der Waals surface area contributed by atoms with E-state index >= 15 is 0 Å². The van der Waals surface area contributed by atoms with Gasteiger partial charge in [-0.05, 0) is 78.5 Å². The van der Waals surface area contributed by atoms with E-state index in [1.807, 2.05) is 48.5 Å². The number of nitrogens with zero attached hydrogens (tertiary/aromatic N) is 4. The van der Waals surface area contributed by atoms with Gasteiger partial charge in [-0.1, -0.05) is 42.5 Å². The molecule has 2 heterocycles. The van der Waals surface area contributed by atoms with Gasteiger partial charge in [0.25, 0.3) is 10.0 Å². The normalized spacial score (nSPS) is 13.9. The maximum atomic E-state index is 13.7. The summed E-state index contributed by atoms with van der Waals surface area (Å²) in [4.78, 5) is 9.38. The Morgan fingerprint density at radius 1 is 1.05 bits per heavy atom. The molecular weight excluding hydrogens is 541 g/mol. The Hall–Kier alpha value is -4.20. The summed E-state index contributed by atoms with van der Waals surface area (Å²) >= 11 is 5.64. The molecule has 0 spiro atoms. The highest BCUT2D eigenvalue weighted by molar-refractivity contribution is 7.92. The minimum atomic E-state index is -3.89. The molecule has 0 amide bonds. The van der Waals surface area contributed by atoms with Crippen LogP contribution in [0.2, 0.25) is 0 Å². The van der Waals surface area contributed by atoms with Crippen LogP contribution in [0.5, 0.6) is 0 Å². The van der Waals surface area contributed by atoms with Crippen molar-refractivity contribution in [3.63, 3.8) is 0 Å². The molecule has 40 heavy (non-hydrogen) atoms. The number of sulfonamides is 1. The molecule has 1 aliphatic rings. The van der Waals surface area contributed by atoms with Crippen LogP contribution in [0.25, 0.3) is 0 Å². The highest BCUT2D eigenvalue weighted by Gasteiger charge is 2.27. The van der Waals surface area contributed by atoms with E-state index in [0.29, 0.717) is 29.4 Å². The van der Waals surface area contributed by atoms with Crippen molar-refractivity contribution in [2.45, 2.75) is 36.7 Å². The maximum absolute atomic E-state index is 13.7. The van der Waals surface area contributed by atoms with Crippen LogP contribution >= 0.6 is 12.2 Å². The minimum absolute atomic E-state index is 0.105. The van der Waals surface area contributed by atoms with Crippen LogP contribution in [0.15, 0.2) is 96.3 Å². The van der Waals surface area contributed by atoms with Crippen LogP contribution in [0.1, 0.15) is 41.1 Å². The van der Waals surface area contributed by atoms with Crippen molar-refractivity contribution in [1.82, 2.24) is 20.2 Å². The molecule has 204 valence electrons. The van der Waals surface area contributed by atoms with Crippen molar-refractivity contribution >= 4 is 33.0 Å². The molecule has 4 aromatic rings. The van der Waals surface area contributed by atoms with E-state index in [0.717, 1.165) is 31.0 Å². The fourth-order valence-electron chi connectivity index (χ4n) is 4.88. The van der Waals surface area contributed by atoms with Gasteiger partial charge in [0.05, 0.1) is 40.8 Å². The number of rotatable bonds is 8. The van der Waals surface area contributed by atoms with Gasteiger partial charge in [-0.2, -0.15) is 5.26 Å². The molecule has 0 aliphatic carbocycles. The molecule has 0 radical (unpaired) electrons. The number of benzene rings is 3. The first-order valence-electron chi connectivity index (χ1n) is 13.1. The number of hydrogen-bond donors (Lipinski definition) is 2. The maximum Gasteiger partial charge on any atom is 0.264 e. The van der Waals surface area contributed by atoms with E-state index in [1.54, 1.807) is 6.20 Å². The zero-order valence-corrected chi connectivity index (χ0v) is 23.5. The molecule has 0 unspecified atom stereocenters. The number of imidazole rings is 1. The Morgan fingerprint density at radius 3 is 2.38 bits per heavy atom. The van der Waals surface area contributed by atoms with Crippen LogP contribution < -0.4 is 9.62 Å². The fraction of sp³-hybridized carbons (Fsp3) is 0.233. The monoisotopic (exact) mass is 570 g/mol. The molecule has 1 fully saturated rings. The summed E-state index contributed by atoms with van der Waals surface area (Å²) in [5.74, 6) is 0.374. The largest absolute Gasteiger partial charge is 0.358 e. The van der Waals surface area contributed by atoms with E-state index in [2.05, 4.69) is 32.3 Å². The predicted octanol–water partition coefficient (Wildman–Crippen LogP) is 4.93. The number of thiocarbonyl (C=S) groups is 1. The number of hydrogen-bond acceptors (Lipinski definition) is 5. The SMILES string of the molecule is N#Cc1ccc(S(=O)(=O)N(Cc2cnc[nH]2)c2ccc(C3CCN(C(=S)NCc4ccccc4)CC3)cc2)cc1. The topological polar surface area (TPSA) is 105 Å². The number of aromatic amines is 1. The van der Waals surface area contributed by atoms with Crippen molar-refractivity contribution in [3.8, 4) is 6.07 Å². The van der Waals surface area contributed by atoms with Crippen molar-refractivity contribution in [1.29, 1.82) is 5.26 Å². The molecule has 1 aromatic heterocycles. The molecule has 0 atom stereocenters. The highest BCUT2D eigenvalue weighted by Crippen LogP contribution is 2.32. The lowest BCUT2D eigenvalue weighted by molar-refractivity contribution is 0.309. The van der Waals surface area contributed by atoms with Crippen molar-refractivity contribution in [2.75, 3.05) is 17.4 Å². The summed E-state index contributed by atoms with van der Waals surface area (Å²) in [6.07, 6.45) is 5.07. The van der Waals surface area contributed by atoms with Gasteiger partial charge in [0.15, 0.2) is 5.11 Å².